The number of rotatable bonds is 6. The number of nitrogens with zero attached hydrogens (tertiary/aromatic N) is 3. The molecule has 0 N–H and O–H groups in total. The molecule has 4 heteroatoms. The Bertz CT molecular complexity index is 3240. The molecule has 0 saturated carbocycles. The van der Waals surface area contributed by atoms with Crippen LogP contribution in [0.5, 0.6) is 0 Å². The number of fused-ring (bicyclic) bond motifs is 6. The maximum Gasteiger partial charge on any atom is 0.160 e. The van der Waals surface area contributed by atoms with Crippen LogP contribution in [-0.2, 0) is 0 Å². The molecule has 0 bridgehead atoms. The van der Waals surface area contributed by atoms with Crippen molar-refractivity contribution in [2.75, 3.05) is 0 Å². The molecule has 4 nitrogen and oxygen atoms in total. The summed E-state index contributed by atoms with van der Waals surface area (Å²) in [6.07, 6.45) is 3.85. The third kappa shape index (κ3) is 6.03. The van der Waals surface area contributed by atoms with Crippen LogP contribution in [0.2, 0.25) is 0 Å². The molecule has 0 radical (unpaired) electrons. The Hall–Kier alpha value is -7.56. The molecule has 8 aromatic carbocycles. The summed E-state index contributed by atoms with van der Waals surface area (Å²) in [6.45, 7) is 0. The van der Waals surface area contributed by atoms with Crippen molar-refractivity contribution in [2.45, 2.75) is 12.8 Å². The maximum atomic E-state index is 6.49. The Balaban J connectivity index is 0.909. The number of hydrogen-bond acceptors (Lipinski definition) is 3. The standard InChI is InChI=1S/C54H37N3O/c1-4-13-38(14-5-1)48-20-12-21-49(56-54(55-48)39-15-6-2-7-16-39)42-27-30-45-47-34-41(29-32-52(47)58-53(45)35-42)37-25-23-36(24-26-37)40-28-31-51-46(33-40)44-19-10-11-22-50(44)57(51)43-17-8-3-9-18-43/h1-11,13-20,22-35H,12,21H2. The largest absolute Gasteiger partial charge is 0.456 e. The van der Waals surface area contributed by atoms with E-state index in [1.807, 2.05) is 24.3 Å². The van der Waals surface area contributed by atoms with Gasteiger partial charge in [-0.1, -0.05) is 146 Å². The van der Waals surface area contributed by atoms with Crippen LogP contribution in [0.4, 0.5) is 0 Å². The number of aliphatic imine (C=N–C) groups is 2. The van der Waals surface area contributed by atoms with Gasteiger partial charge in [-0.3, -0.25) is 0 Å². The third-order valence-corrected chi connectivity index (χ3v) is 11.3. The van der Waals surface area contributed by atoms with Crippen LogP contribution in [0.1, 0.15) is 29.5 Å². The fourth-order valence-electron chi connectivity index (χ4n) is 8.43. The van der Waals surface area contributed by atoms with E-state index in [2.05, 4.69) is 181 Å². The minimum absolute atomic E-state index is 0.710. The predicted octanol–water partition coefficient (Wildman–Crippen LogP) is 14.1. The molecule has 0 spiro atoms. The molecule has 0 unspecified atom stereocenters. The van der Waals surface area contributed by atoms with Gasteiger partial charge in [0, 0.05) is 32.8 Å². The summed E-state index contributed by atoms with van der Waals surface area (Å²) in [5, 5.41) is 4.70. The number of para-hydroxylation sites is 2. The van der Waals surface area contributed by atoms with Crippen molar-refractivity contribution >= 4 is 61.0 Å². The normalized spacial score (nSPS) is 13.3. The summed E-state index contributed by atoms with van der Waals surface area (Å²) in [4.78, 5) is 10.3. The molecular formula is C54H37N3O. The van der Waals surface area contributed by atoms with Gasteiger partial charge >= 0.3 is 0 Å². The number of furan rings is 1. The molecule has 0 aliphatic carbocycles. The van der Waals surface area contributed by atoms with E-state index in [1.165, 1.54) is 38.6 Å². The van der Waals surface area contributed by atoms with Gasteiger partial charge in [-0.15, -0.1) is 0 Å². The fourth-order valence-corrected chi connectivity index (χ4v) is 8.43. The van der Waals surface area contributed by atoms with E-state index < -0.39 is 0 Å². The molecule has 0 atom stereocenters. The minimum atomic E-state index is 0.710. The first-order chi connectivity index (χ1) is 28.7. The molecule has 0 fully saturated rings. The molecule has 2 aromatic heterocycles. The number of allylic oxidation sites excluding steroid dienone is 1. The third-order valence-electron chi connectivity index (χ3n) is 11.3. The molecule has 1 aliphatic rings. The van der Waals surface area contributed by atoms with Gasteiger partial charge in [-0.2, -0.15) is 0 Å². The average molecular weight is 744 g/mol. The Morgan fingerprint density at radius 3 is 1.76 bits per heavy atom. The smallest absolute Gasteiger partial charge is 0.160 e. The lowest BCUT2D eigenvalue weighted by Crippen LogP contribution is -2.09. The molecule has 58 heavy (non-hydrogen) atoms. The summed E-state index contributed by atoms with van der Waals surface area (Å²) >= 11 is 0. The lowest BCUT2D eigenvalue weighted by molar-refractivity contribution is 0.669. The van der Waals surface area contributed by atoms with E-state index in [1.54, 1.807) is 0 Å². The van der Waals surface area contributed by atoms with E-state index in [9.17, 15) is 0 Å². The monoisotopic (exact) mass is 743 g/mol. The van der Waals surface area contributed by atoms with Crippen molar-refractivity contribution in [3.8, 4) is 27.9 Å². The van der Waals surface area contributed by atoms with Crippen molar-refractivity contribution < 1.29 is 4.42 Å². The van der Waals surface area contributed by atoms with E-state index >= 15 is 0 Å². The van der Waals surface area contributed by atoms with Gasteiger partial charge in [-0.25, -0.2) is 9.98 Å². The van der Waals surface area contributed by atoms with Crippen molar-refractivity contribution in [3.63, 3.8) is 0 Å². The first-order valence-electron chi connectivity index (χ1n) is 19.9. The van der Waals surface area contributed by atoms with Crippen molar-refractivity contribution in [1.82, 2.24) is 4.57 Å². The summed E-state index contributed by atoms with van der Waals surface area (Å²) in [7, 11) is 0. The summed E-state index contributed by atoms with van der Waals surface area (Å²) < 4.78 is 8.85. The Labute approximate surface area is 336 Å². The lowest BCUT2D eigenvalue weighted by Gasteiger charge is -2.13. The number of hydrogen-bond donors (Lipinski definition) is 0. The minimum Gasteiger partial charge on any atom is -0.456 e. The molecule has 1 aliphatic heterocycles. The van der Waals surface area contributed by atoms with Gasteiger partial charge in [-0.05, 0) is 101 Å². The van der Waals surface area contributed by atoms with Gasteiger partial charge in [0.25, 0.3) is 0 Å². The van der Waals surface area contributed by atoms with Crippen LogP contribution in [-0.4, -0.2) is 16.1 Å². The van der Waals surface area contributed by atoms with Crippen LogP contribution in [0.25, 0.3) is 77.4 Å². The van der Waals surface area contributed by atoms with Crippen molar-refractivity contribution in [2.24, 2.45) is 9.98 Å². The van der Waals surface area contributed by atoms with Gasteiger partial charge in [0.2, 0.25) is 0 Å². The SMILES string of the molecule is C1=C(c2ccccc2)N=C(c2ccccc2)N=C(c2ccc3c(c2)oc2ccc(-c4ccc(-c5ccc6c(c5)c5ccccc5n6-c5ccccc5)cc4)cc23)CC1. The maximum absolute atomic E-state index is 6.49. The van der Waals surface area contributed by atoms with E-state index in [0.717, 1.165) is 74.0 Å². The van der Waals surface area contributed by atoms with Crippen LogP contribution < -0.4 is 0 Å². The predicted molar refractivity (Wildman–Crippen MR) is 242 cm³/mol. The Morgan fingerprint density at radius 1 is 0.397 bits per heavy atom. The van der Waals surface area contributed by atoms with Crippen LogP contribution in [0.3, 0.4) is 0 Å². The topological polar surface area (TPSA) is 42.8 Å². The summed E-state index contributed by atoms with van der Waals surface area (Å²) in [5.41, 5.74) is 15.1. The van der Waals surface area contributed by atoms with E-state index in [0.29, 0.717) is 5.84 Å². The number of amidine groups is 1. The van der Waals surface area contributed by atoms with Crippen LogP contribution in [0, 0.1) is 0 Å². The highest BCUT2D eigenvalue weighted by Gasteiger charge is 2.17. The molecule has 11 rings (SSSR count). The van der Waals surface area contributed by atoms with Gasteiger partial charge in [0.1, 0.15) is 11.2 Å². The summed E-state index contributed by atoms with van der Waals surface area (Å²) in [5.74, 6) is 0.710. The van der Waals surface area contributed by atoms with Gasteiger partial charge < -0.3 is 8.98 Å². The average Bonchev–Trinajstić information content (AvgIpc) is 3.82. The Morgan fingerprint density at radius 2 is 1.00 bits per heavy atom. The number of aromatic nitrogens is 1. The van der Waals surface area contributed by atoms with E-state index in [4.69, 9.17) is 14.4 Å². The zero-order valence-corrected chi connectivity index (χ0v) is 31.7. The summed E-state index contributed by atoms with van der Waals surface area (Å²) in [6, 6.07) is 68.6. The molecule has 0 saturated heterocycles. The second-order valence-corrected chi connectivity index (χ2v) is 14.9. The van der Waals surface area contributed by atoms with Crippen LogP contribution in [0.15, 0.2) is 215 Å². The molecule has 3 heterocycles. The first-order valence-corrected chi connectivity index (χ1v) is 19.9. The van der Waals surface area contributed by atoms with Crippen molar-refractivity contribution in [3.05, 3.63) is 217 Å². The highest BCUT2D eigenvalue weighted by Crippen LogP contribution is 2.37. The number of benzene rings is 8. The van der Waals surface area contributed by atoms with Gasteiger partial charge in [0.15, 0.2) is 5.84 Å². The van der Waals surface area contributed by atoms with Crippen molar-refractivity contribution in [1.29, 1.82) is 0 Å². The molecule has 0 amide bonds. The quantitative estimate of drug-likeness (QED) is 0.167. The first kappa shape index (κ1) is 33.8. The highest BCUT2D eigenvalue weighted by atomic mass is 16.3. The van der Waals surface area contributed by atoms with E-state index in [-0.39, 0.29) is 0 Å². The molecule has 10 aromatic rings. The second-order valence-electron chi connectivity index (χ2n) is 14.9. The molecular weight excluding hydrogens is 707 g/mol. The molecule has 274 valence electrons. The zero-order chi connectivity index (χ0) is 38.4. The second kappa shape index (κ2) is 14.2. The lowest BCUT2D eigenvalue weighted by atomic mass is 9.97. The van der Waals surface area contributed by atoms with Crippen LogP contribution >= 0.6 is 0 Å². The van der Waals surface area contributed by atoms with Gasteiger partial charge in [0.05, 0.1) is 22.4 Å². The highest BCUT2D eigenvalue weighted by molar-refractivity contribution is 6.16. The fraction of sp³-hybridized carbons (Fsp3) is 0.0370. The Kier molecular flexibility index (Phi) is 8.25. The zero-order valence-electron chi connectivity index (χ0n) is 31.7.